The lowest BCUT2D eigenvalue weighted by molar-refractivity contribution is 0.113. The molecule has 0 aromatic rings. The van der Waals surface area contributed by atoms with Crippen molar-refractivity contribution in [1.29, 1.82) is 0 Å². The minimum Gasteiger partial charge on any atom is -0.311 e. The summed E-state index contributed by atoms with van der Waals surface area (Å²) in [6, 6.07) is 2.52. The predicted octanol–water partition coefficient (Wildman–Crippen LogP) is 3.42. The molecule has 2 atom stereocenters. The predicted molar refractivity (Wildman–Crippen MR) is 81.3 cm³/mol. The van der Waals surface area contributed by atoms with Crippen LogP contribution in [-0.2, 0) is 0 Å². The van der Waals surface area contributed by atoms with E-state index in [0.717, 1.165) is 24.0 Å². The van der Waals surface area contributed by atoms with Gasteiger partial charge in [-0.3, -0.25) is 0 Å². The van der Waals surface area contributed by atoms with Gasteiger partial charge in [-0.2, -0.15) is 0 Å². The van der Waals surface area contributed by atoms with Crippen molar-refractivity contribution in [2.45, 2.75) is 83.3 Å². The van der Waals surface area contributed by atoms with Gasteiger partial charge in [-0.15, -0.1) is 0 Å². The monoisotopic (exact) mass is 264 g/mol. The maximum atomic E-state index is 3.76. The summed E-state index contributed by atoms with van der Waals surface area (Å²) in [5.41, 5.74) is 0.614. The van der Waals surface area contributed by atoms with Gasteiger partial charge in [0.15, 0.2) is 0 Å². The normalized spacial score (nSPS) is 38.8. The number of nitrogens with one attached hydrogen (secondary N) is 1. The summed E-state index contributed by atoms with van der Waals surface area (Å²) in [5, 5.41) is 3.76. The average molecular weight is 264 g/mol. The fourth-order valence-corrected chi connectivity index (χ4v) is 4.59. The summed E-state index contributed by atoms with van der Waals surface area (Å²) in [6.45, 7) is 6.23. The van der Waals surface area contributed by atoms with Crippen molar-refractivity contribution in [3.8, 4) is 0 Å². The summed E-state index contributed by atoms with van der Waals surface area (Å²) < 4.78 is 0. The molecule has 1 saturated carbocycles. The fourth-order valence-electron chi connectivity index (χ4n) is 4.59. The van der Waals surface area contributed by atoms with Gasteiger partial charge in [-0.05, 0) is 69.7 Å². The smallest absolute Gasteiger partial charge is 0.0122 e. The van der Waals surface area contributed by atoms with E-state index in [-0.39, 0.29) is 0 Å². The highest BCUT2D eigenvalue weighted by molar-refractivity contribution is 4.95. The highest BCUT2D eigenvalue weighted by Gasteiger charge is 2.36. The van der Waals surface area contributed by atoms with Gasteiger partial charge in [0.2, 0.25) is 0 Å². The molecule has 0 spiro atoms. The molecule has 2 aliphatic heterocycles. The molecular formula is C17H32N2. The molecule has 0 aromatic heterocycles. The Morgan fingerprint density at radius 2 is 1.58 bits per heavy atom. The molecular weight excluding hydrogens is 232 g/mol. The number of rotatable bonds is 3. The van der Waals surface area contributed by atoms with E-state index >= 15 is 0 Å². The van der Waals surface area contributed by atoms with Gasteiger partial charge < -0.3 is 10.2 Å². The highest BCUT2D eigenvalue weighted by atomic mass is 15.2. The zero-order chi connectivity index (χ0) is 13.5. The molecule has 2 nitrogen and oxygen atoms in total. The summed E-state index contributed by atoms with van der Waals surface area (Å²) in [5.74, 6) is 0.963. The summed E-state index contributed by atoms with van der Waals surface area (Å²) in [6.07, 6.45) is 11.4. The van der Waals surface area contributed by atoms with Gasteiger partial charge in [0.05, 0.1) is 0 Å². The Morgan fingerprint density at radius 1 is 1.00 bits per heavy atom. The standard InChI is InChI=1S/C17H32N2/c1-17(2)8-6-13(7-9-17)12-19(3)16-10-14-4-5-15(11-16)18-14/h13-16,18H,4-12H2,1-3H3. The van der Waals surface area contributed by atoms with Crippen LogP contribution in [0.5, 0.6) is 0 Å². The molecule has 0 aromatic carbocycles. The van der Waals surface area contributed by atoms with Crippen molar-refractivity contribution in [2.75, 3.05) is 13.6 Å². The molecule has 2 heteroatoms. The molecule has 1 aliphatic carbocycles. The van der Waals surface area contributed by atoms with Crippen LogP contribution in [0.2, 0.25) is 0 Å². The maximum absolute atomic E-state index is 3.76. The molecule has 3 aliphatic rings. The van der Waals surface area contributed by atoms with E-state index in [1.807, 2.05) is 0 Å². The van der Waals surface area contributed by atoms with Gasteiger partial charge in [-0.1, -0.05) is 13.8 Å². The van der Waals surface area contributed by atoms with Gasteiger partial charge in [0.1, 0.15) is 0 Å². The minimum absolute atomic E-state index is 0.614. The van der Waals surface area contributed by atoms with Crippen LogP contribution in [0.15, 0.2) is 0 Å². The van der Waals surface area contributed by atoms with Crippen molar-refractivity contribution in [3.05, 3.63) is 0 Å². The average Bonchev–Trinajstić information content (AvgIpc) is 2.71. The Morgan fingerprint density at radius 3 is 2.16 bits per heavy atom. The highest BCUT2D eigenvalue weighted by Crippen LogP contribution is 2.38. The van der Waals surface area contributed by atoms with E-state index in [4.69, 9.17) is 0 Å². The van der Waals surface area contributed by atoms with Crippen LogP contribution in [0.25, 0.3) is 0 Å². The van der Waals surface area contributed by atoms with Crippen LogP contribution in [0.3, 0.4) is 0 Å². The molecule has 0 amide bonds. The van der Waals surface area contributed by atoms with Crippen LogP contribution in [0.1, 0.15) is 65.2 Å². The molecule has 0 radical (unpaired) electrons. The van der Waals surface area contributed by atoms with Gasteiger partial charge in [-0.25, -0.2) is 0 Å². The minimum atomic E-state index is 0.614. The van der Waals surface area contributed by atoms with Gasteiger partial charge in [0, 0.05) is 24.7 Å². The quantitative estimate of drug-likeness (QED) is 0.840. The molecule has 3 rings (SSSR count). The van der Waals surface area contributed by atoms with Gasteiger partial charge in [0.25, 0.3) is 0 Å². The van der Waals surface area contributed by atoms with E-state index in [0.29, 0.717) is 5.41 Å². The molecule has 3 fully saturated rings. The topological polar surface area (TPSA) is 15.3 Å². The molecule has 1 N–H and O–H groups in total. The second-order valence-corrected chi connectivity index (χ2v) is 8.31. The van der Waals surface area contributed by atoms with Crippen LogP contribution >= 0.6 is 0 Å². The van der Waals surface area contributed by atoms with Crippen molar-refractivity contribution in [3.63, 3.8) is 0 Å². The molecule has 19 heavy (non-hydrogen) atoms. The van der Waals surface area contributed by atoms with E-state index in [9.17, 15) is 0 Å². The molecule has 2 unspecified atom stereocenters. The van der Waals surface area contributed by atoms with Crippen molar-refractivity contribution < 1.29 is 0 Å². The third-order valence-electron chi connectivity index (χ3n) is 6.08. The Balaban J connectivity index is 1.47. The van der Waals surface area contributed by atoms with Crippen LogP contribution in [0, 0.1) is 11.3 Å². The number of hydrogen-bond acceptors (Lipinski definition) is 2. The zero-order valence-electron chi connectivity index (χ0n) is 13.1. The Labute approximate surface area is 119 Å². The number of hydrogen-bond donors (Lipinski definition) is 1. The van der Waals surface area contributed by atoms with Crippen LogP contribution in [0.4, 0.5) is 0 Å². The zero-order valence-corrected chi connectivity index (χ0v) is 13.1. The second kappa shape index (κ2) is 5.37. The maximum Gasteiger partial charge on any atom is 0.0122 e. The fraction of sp³-hybridized carbons (Fsp3) is 1.00. The van der Waals surface area contributed by atoms with Crippen LogP contribution < -0.4 is 5.32 Å². The molecule has 2 heterocycles. The lowest BCUT2D eigenvalue weighted by atomic mass is 9.73. The Bertz CT molecular complexity index is 290. The third kappa shape index (κ3) is 3.33. The van der Waals surface area contributed by atoms with Crippen LogP contribution in [-0.4, -0.2) is 36.6 Å². The first-order valence-electron chi connectivity index (χ1n) is 8.48. The number of fused-ring (bicyclic) bond motifs is 2. The largest absolute Gasteiger partial charge is 0.311 e. The molecule has 110 valence electrons. The lowest BCUT2D eigenvalue weighted by Crippen LogP contribution is -2.48. The Kier molecular flexibility index (Phi) is 3.92. The first-order valence-corrected chi connectivity index (χ1v) is 8.48. The SMILES string of the molecule is CN(CC1CCC(C)(C)CC1)C1CC2CCC(C1)N2. The van der Waals surface area contributed by atoms with E-state index in [1.54, 1.807) is 0 Å². The third-order valence-corrected chi connectivity index (χ3v) is 6.08. The first kappa shape index (κ1) is 13.9. The molecule has 2 saturated heterocycles. The van der Waals surface area contributed by atoms with E-state index in [2.05, 4.69) is 31.1 Å². The van der Waals surface area contributed by atoms with E-state index < -0.39 is 0 Å². The number of nitrogens with zero attached hydrogens (tertiary/aromatic N) is 1. The van der Waals surface area contributed by atoms with Gasteiger partial charge >= 0.3 is 0 Å². The van der Waals surface area contributed by atoms with E-state index in [1.165, 1.54) is 57.9 Å². The van der Waals surface area contributed by atoms with Crippen molar-refractivity contribution in [2.24, 2.45) is 11.3 Å². The summed E-state index contributed by atoms with van der Waals surface area (Å²) >= 11 is 0. The lowest BCUT2D eigenvalue weighted by Gasteiger charge is -2.40. The summed E-state index contributed by atoms with van der Waals surface area (Å²) in [4.78, 5) is 2.70. The second-order valence-electron chi connectivity index (χ2n) is 8.31. The number of piperidine rings is 1. The first-order chi connectivity index (χ1) is 9.02. The Hall–Kier alpha value is -0.0800. The molecule has 2 bridgehead atoms. The van der Waals surface area contributed by atoms with Crippen molar-refractivity contribution >= 4 is 0 Å². The summed E-state index contributed by atoms with van der Waals surface area (Å²) in [7, 11) is 2.38. The van der Waals surface area contributed by atoms with Crippen molar-refractivity contribution in [1.82, 2.24) is 10.2 Å².